The lowest BCUT2D eigenvalue weighted by molar-refractivity contribution is -0.131. The lowest BCUT2D eigenvalue weighted by Gasteiger charge is -2.00. The van der Waals surface area contributed by atoms with E-state index in [1.54, 1.807) is 0 Å². The molecule has 0 aliphatic rings. The predicted molar refractivity (Wildman–Crippen MR) is 50.7 cm³/mol. The lowest BCUT2D eigenvalue weighted by atomic mass is 10.2. The van der Waals surface area contributed by atoms with E-state index in [-0.39, 0.29) is 10.0 Å². The van der Waals surface area contributed by atoms with Crippen molar-refractivity contribution < 1.29 is 18.7 Å². The number of hydrogen-bond acceptors (Lipinski definition) is 1. The Morgan fingerprint density at radius 3 is 2.57 bits per heavy atom. The first-order chi connectivity index (χ1) is 6.50. The molecule has 0 heterocycles. The highest BCUT2D eigenvalue weighted by atomic mass is 79.9. The first-order valence-electron chi connectivity index (χ1n) is 3.56. The summed E-state index contributed by atoms with van der Waals surface area (Å²) >= 11 is 2.92. The molecule has 1 N–H and O–H groups in total. The van der Waals surface area contributed by atoms with E-state index in [9.17, 15) is 13.6 Å². The van der Waals surface area contributed by atoms with E-state index in [0.717, 1.165) is 18.2 Å². The molecule has 0 bridgehead atoms. The van der Waals surface area contributed by atoms with Gasteiger partial charge in [0.05, 0.1) is 0 Å². The molecular weight excluding hydrogens is 258 g/mol. The summed E-state index contributed by atoms with van der Waals surface area (Å²) in [4.78, 5) is 10.2. The fourth-order valence-corrected chi connectivity index (χ4v) is 1.41. The van der Waals surface area contributed by atoms with Crippen LogP contribution in [0.2, 0.25) is 0 Å². The zero-order valence-electron chi connectivity index (χ0n) is 6.80. The summed E-state index contributed by atoms with van der Waals surface area (Å²) in [5.41, 5.74) is 0.00815. The van der Waals surface area contributed by atoms with Crippen LogP contribution in [0.1, 0.15) is 5.56 Å². The molecule has 0 aliphatic heterocycles. The second-order valence-electron chi connectivity index (χ2n) is 2.45. The van der Waals surface area contributed by atoms with Gasteiger partial charge in [-0.2, -0.15) is 0 Å². The molecule has 14 heavy (non-hydrogen) atoms. The van der Waals surface area contributed by atoms with E-state index in [4.69, 9.17) is 5.11 Å². The second-order valence-corrected chi connectivity index (χ2v) is 3.31. The van der Waals surface area contributed by atoms with Crippen LogP contribution in [0.5, 0.6) is 0 Å². The van der Waals surface area contributed by atoms with Gasteiger partial charge in [-0.05, 0) is 28.1 Å². The topological polar surface area (TPSA) is 37.3 Å². The summed E-state index contributed by atoms with van der Waals surface area (Å²) < 4.78 is 25.8. The van der Waals surface area contributed by atoms with Crippen LogP contribution in [-0.2, 0) is 4.79 Å². The molecule has 5 heteroatoms. The number of aliphatic carboxylic acids is 1. The first-order valence-corrected chi connectivity index (χ1v) is 4.35. The summed E-state index contributed by atoms with van der Waals surface area (Å²) in [7, 11) is 0. The maximum atomic E-state index is 13.0. The molecule has 0 atom stereocenters. The van der Waals surface area contributed by atoms with Crippen molar-refractivity contribution in [3.63, 3.8) is 0 Å². The van der Waals surface area contributed by atoms with Crippen molar-refractivity contribution in [3.05, 3.63) is 39.9 Å². The number of carboxylic acids is 1. The Bertz CT molecular complexity index is 379. The van der Waals surface area contributed by atoms with Gasteiger partial charge in [-0.25, -0.2) is 13.6 Å². The largest absolute Gasteiger partial charge is 0.478 e. The van der Waals surface area contributed by atoms with Crippen molar-refractivity contribution in [1.29, 1.82) is 0 Å². The van der Waals surface area contributed by atoms with Crippen LogP contribution in [-0.4, -0.2) is 11.1 Å². The molecule has 1 aromatic carbocycles. The van der Waals surface area contributed by atoms with Crippen LogP contribution in [0.25, 0.3) is 6.08 Å². The molecule has 0 spiro atoms. The molecule has 0 amide bonds. The van der Waals surface area contributed by atoms with Gasteiger partial charge in [0.1, 0.15) is 11.6 Å². The highest BCUT2D eigenvalue weighted by Crippen LogP contribution is 2.22. The normalized spacial score (nSPS) is 10.8. The van der Waals surface area contributed by atoms with Crippen molar-refractivity contribution >= 4 is 28.0 Å². The number of benzene rings is 1. The fourth-order valence-electron chi connectivity index (χ4n) is 0.867. The predicted octanol–water partition coefficient (Wildman–Crippen LogP) is 2.83. The highest BCUT2D eigenvalue weighted by Gasteiger charge is 2.06. The van der Waals surface area contributed by atoms with Crippen LogP contribution in [0.3, 0.4) is 0 Å². The molecule has 2 nitrogen and oxygen atoms in total. The number of halogens is 3. The summed E-state index contributed by atoms with van der Waals surface area (Å²) in [5.74, 6) is -2.73. The Labute approximate surface area is 87.0 Å². The maximum Gasteiger partial charge on any atom is 0.328 e. The maximum absolute atomic E-state index is 13.0. The molecule has 74 valence electrons. The third-order valence-electron chi connectivity index (χ3n) is 1.44. The average Bonchev–Trinajstić information content (AvgIpc) is 2.01. The summed E-state index contributed by atoms with van der Waals surface area (Å²) in [6.07, 6.45) is 1.84. The number of rotatable bonds is 2. The van der Waals surface area contributed by atoms with Crippen LogP contribution < -0.4 is 0 Å². The van der Waals surface area contributed by atoms with E-state index in [2.05, 4.69) is 15.9 Å². The molecular formula is C9H5BrF2O2. The van der Waals surface area contributed by atoms with E-state index >= 15 is 0 Å². The van der Waals surface area contributed by atoms with Gasteiger partial charge < -0.3 is 5.11 Å². The van der Waals surface area contributed by atoms with Gasteiger partial charge in [0.15, 0.2) is 0 Å². The zero-order valence-corrected chi connectivity index (χ0v) is 8.38. The van der Waals surface area contributed by atoms with Crippen LogP contribution in [0.4, 0.5) is 8.78 Å². The van der Waals surface area contributed by atoms with E-state index in [1.807, 2.05) is 0 Å². The molecule has 0 unspecified atom stereocenters. The minimum atomic E-state index is -1.19. The van der Waals surface area contributed by atoms with Gasteiger partial charge in [0, 0.05) is 22.2 Å². The van der Waals surface area contributed by atoms with Gasteiger partial charge in [-0.3, -0.25) is 0 Å². The Morgan fingerprint density at radius 1 is 1.43 bits per heavy atom. The van der Waals surface area contributed by atoms with Crippen LogP contribution in [0, 0.1) is 11.6 Å². The SMILES string of the molecule is O=C(O)C=Cc1c(F)cc(F)cc1Br. The molecule has 0 radical (unpaired) electrons. The van der Waals surface area contributed by atoms with Crippen molar-refractivity contribution in [2.75, 3.05) is 0 Å². The van der Waals surface area contributed by atoms with E-state index in [1.165, 1.54) is 0 Å². The Balaban J connectivity index is 3.15. The highest BCUT2D eigenvalue weighted by molar-refractivity contribution is 9.10. The number of carboxylic acid groups (broad SMARTS) is 1. The first kappa shape index (κ1) is 10.8. The van der Waals surface area contributed by atoms with Crippen LogP contribution in [0.15, 0.2) is 22.7 Å². The summed E-state index contributed by atoms with van der Waals surface area (Å²) in [6.45, 7) is 0. The molecule has 1 aromatic rings. The molecule has 0 saturated heterocycles. The van der Waals surface area contributed by atoms with Crippen molar-refractivity contribution in [3.8, 4) is 0 Å². The number of hydrogen-bond donors (Lipinski definition) is 1. The Hall–Kier alpha value is -1.23. The van der Waals surface area contributed by atoms with Gasteiger partial charge in [-0.1, -0.05) is 0 Å². The van der Waals surface area contributed by atoms with Crippen LogP contribution >= 0.6 is 15.9 Å². The molecule has 0 fully saturated rings. The molecule has 0 aliphatic carbocycles. The Kier molecular flexibility index (Phi) is 3.35. The molecule has 0 saturated carbocycles. The second kappa shape index (κ2) is 4.32. The van der Waals surface area contributed by atoms with Crippen molar-refractivity contribution in [1.82, 2.24) is 0 Å². The van der Waals surface area contributed by atoms with E-state index in [0.29, 0.717) is 6.07 Å². The van der Waals surface area contributed by atoms with Gasteiger partial charge in [0.2, 0.25) is 0 Å². The van der Waals surface area contributed by atoms with Crippen molar-refractivity contribution in [2.24, 2.45) is 0 Å². The quantitative estimate of drug-likeness (QED) is 0.833. The average molecular weight is 263 g/mol. The fraction of sp³-hybridized carbons (Fsp3) is 0. The Morgan fingerprint density at radius 2 is 2.07 bits per heavy atom. The zero-order chi connectivity index (χ0) is 10.7. The summed E-state index contributed by atoms with van der Waals surface area (Å²) in [6, 6.07) is 1.75. The van der Waals surface area contributed by atoms with Gasteiger partial charge in [-0.15, -0.1) is 0 Å². The standard InChI is InChI=1S/C9H5BrF2O2/c10-7-3-5(11)4-8(12)6(7)1-2-9(13)14/h1-4H,(H,13,14). The monoisotopic (exact) mass is 262 g/mol. The van der Waals surface area contributed by atoms with Gasteiger partial charge in [0.25, 0.3) is 0 Å². The number of carbonyl (C=O) groups is 1. The lowest BCUT2D eigenvalue weighted by Crippen LogP contribution is -1.90. The van der Waals surface area contributed by atoms with E-state index < -0.39 is 17.6 Å². The minimum Gasteiger partial charge on any atom is -0.478 e. The van der Waals surface area contributed by atoms with Crippen molar-refractivity contribution in [2.45, 2.75) is 0 Å². The molecule has 0 aromatic heterocycles. The third kappa shape index (κ3) is 2.63. The third-order valence-corrected chi connectivity index (χ3v) is 2.09. The summed E-state index contributed by atoms with van der Waals surface area (Å²) in [5, 5.41) is 8.31. The molecule has 1 rings (SSSR count). The van der Waals surface area contributed by atoms with Gasteiger partial charge >= 0.3 is 5.97 Å². The minimum absolute atomic E-state index is 0.00815. The smallest absolute Gasteiger partial charge is 0.328 e.